The van der Waals surface area contributed by atoms with E-state index in [4.69, 9.17) is 23.2 Å². The van der Waals surface area contributed by atoms with Crippen molar-refractivity contribution in [2.45, 2.75) is 12.8 Å². The molecule has 1 fully saturated rings. The van der Waals surface area contributed by atoms with Gasteiger partial charge in [-0.15, -0.1) is 13.2 Å². The van der Waals surface area contributed by atoms with E-state index in [-0.39, 0.29) is 15.9 Å². The number of carbonyl (C=O) groups is 2. The van der Waals surface area contributed by atoms with Crippen LogP contribution in [0.5, 0.6) is 5.75 Å². The maximum absolute atomic E-state index is 15.0. The van der Waals surface area contributed by atoms with E-state index in [0.29, 0.717) is 11.4 Å². The summed E-state index contributed by atoms with van der Waals surface area (Å²) in [5, 5.41) is 4.51. The van der Waals surface area contributed by atoms with Crippen LogP contribution in [-0.2, 0) is 0 Å². The number of hydrogen-bond acceptors (Lipinski definition) is 5. The number of alkyl halides is 3. The summed E-state index contributed by atoms with van der Waals surface area (Å²) in [6.45, 7) is 1.51. The second kappa shape index (κ2) is 11.5. The number of aliphatic imine (C=N–C) groups is 1. The Hall–Kier alpha value is -3.90. The number of likely N-dealkylation sites (tertiary alicyclic amines) is 1. The van der Waals surface area contributed by atoms with Crippen LogP contribution >= 0.6 is 23.2 Å². The van der Waals surface area contributed by atoms with Crippen molar-refractivity contribution in [2.24, 2.45) is 4.99 Å². The van der Waals surface area contributed by atoms with Gasteiger partial charge in [-0.1, -0.05) is 29.3 Å². The predicted octanol–water partition coefficient (Wildman–Crippen LogP) is 6.01. The molecule has 2 heterocycles. The molecule has 4 rings (SSSR count). The number of carbonyl (C=O) groups excluding carboxylic acids is 2. The Morgan fingerprint density at radius 3 is 2.28 bits per heavy atom. The van der Waals surface area contributed by atoms with E-state index in [0.717, 1.165) is 37.7 Å². The number of ether oxygens (including phenoxy) is 1. The summed E-state index contributed by atoms with van der Waals surface area (Å²) in [4.78, 5) is 36.0. The first-order valence-electron chi connectivity index (χ1n) is 11.3. The van der Waals surface area contributed by atoms with Gasteiger partial charge in [0.15, 0.2) is 5.75 Å². The summed E-state index contributed by atoms with van der Waals surface area (Å²) in [6.07, 6.45) is -3.00. The van der Waals surface area contributed by atoms with Gasteiger partial charge in [-0.05, 0) is 36.8 Å². The summed E-state index contributed by atoms with van der Waals surface area (Å²) >= 11 is 11.7. The van der Waals surface area contributed by atoms with Crippen LogP contribution in [0.3, 0.4) is 0 Å². The lowest BCUT2D eigenvalue weighted by Gasteiger charge is -2.34. The topological polar surface area (TPSA) is 95.9 Å². The fourth-order valence-electron chi connectivity index (χ4n) is 3.73. The largest absolute Gasteiger partial charge is 0.573 e. The average Bonchev–Trinajstić information content (AvgIpc) is 2.82. The lowest BCUT2D eigenvalue weighted by Crippen LogP contribution is -2.42. The Bertz CT molecular complexity index is 1440. The second-order valence-corrected chi connectivity index (χ2v) is 9.10. The maximum Gasteiger partial charge on any atom is 0.573 e. The number of nitrogens with one attached hydrogen (secondary N) is 2. The van der Waals surface area contributed by atoms with E-state index in [9.17, 15) is 22.8 Å². The highest BCUT2D eigenvalue weighted by atomic mass is 35.5. The van der Waals surface area contributed by atoms with Crippen LogP contribution in [0.1, 0.15) is 32.7 Å². The first kappa shape index (κ1) is 28.1. The van der Waals surface area contributed by atoms with Crippen molar-refractivity contribution >= 4 is 52.4 Å². The Kier molecular flexibility index (Phi) is 8.26. The van der Waals surface area contributed by atoms with Gasteiger partial charge < -0.3 is 20.3 Å². The van der Waals surface area contributed by atoms with E-state index >= 15 is 4.39 Å². The molecule has 0 saturated carbocycles. The van der Waals surface area contributed by atoms with Gasteiger partial charge in [0.1, 0.15) is 17.5 Å². The molecule has 0 spiro atoms. The molecule has 1 aliphatic heterocycles. The van der Waals surface area contributed by atoms with E-state index in [1.165, 1.54) is 30.5 Å². The zero-order chi connectivity index (χ0) is 28.3. The van der Waals surface area contributed by atoms with Gasteiger partial charge in [0.25, 0.3) is 11.8 Å². The van der Waals surface area contributed by atoms with Crippen LogP contribution in [0.15, 0.2) is 53.7 Å². The molecule has 204 valence electrons. The molecule has 14 heteroatoms. The number of nitrogens with zero attached hydrogens (tertiary/aromatic N) is 3. The number of anilines is 2. The molecule has 0 radical (unpaired) electrons. The van der Waals surface area contributed by atoms with Gasteiger partial charge in [-0.25, -0.2) is 9.37 Å². The Morgan fingerprint density at radius 2 is 1.72 bits per heavy atom. The second-order valence-electron chi connectivity index (χ2n) is 8.23. The smallest absolute Gasteiger partial charge is 0.403 e. The van der Waals surface area contributed by atoms with Gasteiger partial charge in [-0.2, -0.15) is 0 Å². The summed E-state index contributed by atoms with van der Waals surface area (Å²) in [5.41, 5.74) is -1.25. The van der Waals surface area contributed by atoms with Crippen molar-refractivity contribution in [3.63, 3.8) is 0 Å². The highest BCUT2D eigenvalue weighted by Crippen LogP contribution is 2.37. The van der Waals surface area contributed by atoms with Crippen molar-refractivity contribution in [3.05, 3.63) is 81.2 Å². The Labute approximate surface area is 229 Å². The molecule has 0 unspecified atom stereocenters. The van der Waals surface area contributed by atoms with Crippen LogP contribution in [-0.4, -0.2) is 54.0 Å². The molecule has 1 aromatic heterocycles. The fraction of sp³-hybridized carbons (Fsp3) is 0.200. The SMILES string of the molecule is CN=C(c1ccc(C(=O)Nc2c(OC(F)(F)F)cc(Cl)cc2C(=O)Nc2ccc(Cl)cn2)c(F)c1)N1CCC1. The van der Waals surface area contributed by atoms with Gasteiger partial charge in [0.05, 0.1) is 21.8 Å². The molecule has 0 bridgehead atoms. The van der Waals surface area contributed by atoms with Crippen LogP contribution in [0.4, 0.5) is 29.1 Å². The van der Waals surface area contributed by atoms with Crippen molar-refractivity contribution in [3.8, 4) is 5.75 Å². The average molecular weight is 584 g/mol. The number of benzene rings is 2. The van der Waals surface area contributed by atoms with Gasteiger partial charge in [0, 0.05) is 43.0 Å². The van der Waals surface area contributed by atoms with Gasteiger partial charge >= 0.3 is 6.36 Å². The zero-order valence-corrected chi connectivity index (χ0v) is 21.6. The van der Waals surface area contributed by atoms with Crippen LogP contribution in [0, 0.1) is 5.82 Å². The lowest BCUT2D eigenvalue weighted by molar-refractivity contribution is -0.274. The summed E-state index contributed by atoms with van der Waals surface area (Å²) in [6, 6.07) is 8.29. The van der Waals surface area contributed by atoms with Crippen LogP contribution in [0.2, 0.25) is 10.0 Å². The number of amidine groups is 1. The molecule has 8 nitrogen and oxygen atoms in total. The molecule has 1 saturated heterocycles. The molecular weight excluding hydrogens is 565 g/mol. The molecule has 2 N–H and O–H groups in total. The lowest BCUT2D eigenvalue weighted by atomic mass is 10.1. The third kappa shape index (κ3) is 6.76. The van der Waals surface area contributed by atoms with Crippen LogP contribution < -0.4 is 15.4 Å². The molecule has 0 aliphatic carbocycles. The number of hydrogen-bond donors (Lipinski definition) is 2. The first-order valence-corrected chi connectivity index (χ1v) is 12.1. The number of rotatable bonds is 6. The number of amides is 2. The van der Waals surface area contributed by atoms with E-state index in [2.05, 4.69) is 25.3 Å². The molecule has 1 aliphatic rings. The quantitative estimate of drug-likeness (QED) is 0.210. The molecule has 3 aromatic rings. The summed E-state index contributed by atoms with van der Waals surface area (Å²) < 4.78 is 58.6. The summed E-state index contributed by atoms with van der Waals surface area (Å²) in [5.74, 6) is -3.49. The van der Waals surface area contributed by atoms with Gasteiger partial charge in [-0.3, -0.25) is 14.6 Å². The molecule has 2 aromatic carbocycles. The molecular formula is C25H19Cl2F4N5O3. The maximum atomic E-state index is 15.0. The molecule has 2 amide bonds. The minimum Gasteiger partial charge on any atom is -0.403 e. The van der Waals surface area contributed by atoms with Gasteiger partial charge in [0.2, 0.25) is 0 Å². The Morgan fingerprint density at radius 1 is 1.00 bits per heavy atom. The molecule has 0 atom stereocenters. The minimum absolute atomic E-state index is 0.0113. The standard InChI is InChI=1S/C25H19Cl2F4N5O3/c1-32-22(36-7-2-8-36)13-3-5-16(18(28)9-13)23(37)35-21-17(10-15(27)11-19(21)39-25(29,30)31)24(38)34-20-6-4-14(26)12-33-20/h3-6,9-12H,2,7-8H2,1H3,(H,35,37)(H,33,34,38). The molecule has 39 heavy (non-hydrogen) atoms. The third-order valence-corrected chi connectivity index (χ3v) is 6.03. The van der Waals surface area contributed by atoms with Crippen molar-refractivity contribution in [1.82, 2.24) is 9.88 Å². The van der Waals surface area contributed by atoms with E-state index < -0.39 is 46.6 Å². The highest BCUT2D eigenvalue weighted by molar-refractivity contribution is 6.32. The number of aromatic nitrogens is 1. The van der Waals surface area contributed by atoms with Crippen molar-refractivity contribution in [1.29, 1.82) is 0 Å². The number of halogens is 6. The highest BCUT2D eigenvalue weighted by Gasteiger charge is 2.34. The van der Waals surface area contributed by atoms with E-state index in [1.807, 2.05) is 4.90 Å². The first-order chi connectivity index (χ1) is 18.4. The van der Waals surface area contributed by atoms with Crippen molar-refractivity contribution in [2.75, 3.05) is 30.8 Å². The Balaban J connectivity index is 1.68. The fourth-order valence-corrected chi connectivity index (χ4v) is 4.05. The third-order valence-electron chi connectivity index (χ3n) is 5.58. The summed E-state index contributed by atoms with van der Waals surface area (Å²) in [7, 11) is 1.56. The monoisotopic (exact) mass is 583 g/mol. The number of pyridine rings is 1. The normalized spacial score (nSPS) is 13.5. The minimum atomic E-state index is -5.20. The van der Waals surface area contributed by atoms with Crippen LogP contribution in [0.25, 0.3) is 0 Å². The van der Waals surface area contributed by atoms with Crippen molar-refractivity contribution < 1.29 is 31.9 Å². The predicted molar refractivity (Wildman–Crippen MR) is 138 cm³/mol. The van der Waals surface area contributed by atoms with E-state index in [1.54, 1.807) is 7.05 Å². The zero-order valence-electron chi connectivity index (χ0n) is 20.1.